The van der Waals surface area contributed by atoms with E-state index >= 15 is 0 Å². The van der Waals surface area contributed by atoms with E-state index in [1.807, 2.05) is 44.2 Å². The number of hydrogen-bond acceptors (Lipinski definition) is 4. The second kappa shape index (κ2) is 6.76. The molecule has 134 valence electrons. The van der Waals surface area contributed by atoms with Crippen LogP contribution in [0.5, 0.6) is 0 Å². The molecule has 0 unspecified atom stereocenters. The van der Waals surface area contributed by atoms with Crippen LogP contribution >= 0.6 is 0 Å². The molecule has 24 heavy (non-hydrogen) atoms. The summed E-state index contributed by atoms with van der Waals surface area (Å²) in [5, 5.41) is 0. The summed E-state index contributed by atoms with van der Waals surface area (Å²) in [6.07, 6.45) is -0.564. The van der Waals surface area contributed by atoms with E-state index in [1.54, 1.807) is 0 Å². The molecule has 0 aliphatic carbocycles. The molecule has 1 aromatic carbocycles. The first-order valence-corrected chi connectivity index (χ1v) is 8.84. The molecule has 1 aliphatic heterocycles. The van der Waals surface area contributed by atoms with Crippen LogP contribution in [0.25, 0.3) is 0 Å². The molecule has 0 spiro atoms. The molecular weight excluding hydrogens is 345 g/mol. The van der Waals surface area contributed by atoms with Gasteiger partial charge in [0.2, 0.25) is 0 Å². The van der Waals surface area contributed by atoms with Crippen molar-refractivity contribution in [3.63, 3.8) is 0 Å². The highest BCUT2D eigenvalue weighted by Crippen LogP contribution is 2.41. The number of halogens is 3. The molecule has 0 amide bonds. The number of allylic oxidation sites excluding steroid dienone is 1. The molecule has 2 rings (SSSR count). The molecule has 0 N–H and O–H groups in total. The Labute approximate surface area is 139 Å². The lowest BCUT2D eigenvalue weighted by molar-refractivity contribution is -0.0523. The molecule has 1 saturated heterocycles. The molecule has 1 aliphatic rings. The summed E-state index contributed by atoms with van der Waals surface area (Å²) in [5.41, 5.74) is -4.14. The lowest BCUT2D eigenvalue weighted by Gasteiger charge is -2.19. The van der Waals surface area contributed by atoms with Gasteiger partial charge >= 0.3 is 15.6 Å². The minimum Gasteiger partial charge on any atom is -0.381 e. The second-order valence-corrected chi connectivity index (χ2v) is 7.51. The van der Waals surface area contributed by atoms with E-state index in [4.69, 9.17) is 4.74 Å². The molecular formula is C16H19F3O4S. The van der Waals surface area contributed by atoms with Crippen molar-refractivity contribution < 1.29 is 30.5 Å². The van der Waals surface area contributed by atoms with E-state index in [0.717, 1.165) is 5.56 Å². The molecule has 2 atom stereocenters. The Kier molecular flexibility index (Phi) is 5.29. The predicted octanol–water partition coefficient (Wildman–Crippen LogP) is 4.31. The molecule has 0 aromatic heterocycles. The summed E-state index contributed by atoms with van der Waals surface area (Å²) < 4.78 is 70.2. The van der Waals surface area contributed by atoms with Gasteiger partial charge in [-0.05, 0) is 18.4 Å². The third-order valence-corrected chi connectivity index (χ3v) is 4.84. The van der Waals surface area contributed by atoms with Crippen LogP contribution in [-0.4, -0.2) is 20.0 Å². The van der Waals surface area contributed by atoms with Crippen LogP contribution in [0.4, 0.5) is 13.2 Å². The van der Waals surface area contributed by atoms with Gasteiger partial charge in [-0.1, -0.05) is 44.2 Å². The zero-order valence-electron chi connectivity index (χ0n) is 13.5. The summed E-state index contributed by atoms with van der Waals surface area (Å²) in [5.74, 6) is -0.315. The van der Waals surface area contributed by atoms with Gasteiger partial charge in [-0.3, -0.25) is 0 Å². The maximum atomic E-state index is 12.5. The maximum absolute atomic E-state index is 12.5. The van der Waals surface area contributed by atoms with Crippen LogP contribution < -0.4 is 0 Å². The highest BCUT2D eigenvalue weighted by molar-refractivity contribution is 7.87. The zero-order valence-corrected chi connectivity index (χ0v) is 14.3. The number of ether oxygens (including phenoxy) is 1. The smallest absolute Gasteiger partial charge is 0.381 e. The first-order valence-electron chi connectivity index (χ1n) is 7.43. The quantitative estimate of drug-likeness (QED) is 0.454. The Hall–Kier alpha value is -1.54. The van der Waals surface area contributed by atoms with Crippen LogP contribution in [0.1, 0.15) is 38.9 Å². The van der Waals surface area contributed by atoms with Crippen molar-refractivity contribution in [3.8, 4) is 0 Å². The number of hydrogen-bond donors (Lipinski definition) is 0. The van der Waals surface area contributed by atoms with E-state index in [9.17, 15) is 21.6 Å². The van der Waals surface area contributed by atoms with Crippen molar-refractivity contribution in [1.82, 2.24) is 0 Å². The van der Waals surface area contributed by atoms with Gasteiger partial charge < -0.3 is 8.92 Å². The SMILES string of the molecule is C/C(OS(=O)(=O)C(F)(F)F)=C1/C[C@H](c2ccccc2)O[C@@H]1C(C)C. The largest absolute Gasteiger partial charge is 0.534 e. The van der Waals surface area contributed by atoms with Gasteiger partial charge in [0.15, 0.2) is 0 Å². The molecule has 1 heterocycles. The fourth-order valence-corrected chi connectivity index (χ4v) is 3.19. The molecule has 1 fully saturated rings. The van der Waals surface area contributed by atoms with Crippen molar-refractivity contribution in [2.75, 3.05) is 0 Å². The van der Waals surface area contributed by atoms with Gasteiger partial charge in [0, 0.05) is 12.0 Å². The summed E-state index contributed by atoms with van der Waals surface area (Å²) >= 11 is 0. The Morgan fingerprint density at radius 2 is 1.83 bits per heavy atom. The topological polar surface area (TPSA) is 52.6 Å². The fraction of sp³-hybridized carbons (Fsp3) is 0.500. The lowest BCUT2D eigenvalue weighted by atomic mass is 9.96. The van der Waals surface area contributed by atoms with Crippen LogP contribution in [0.3, 0.4) is 0 Å². The molecule has 0 radical (unpaired) electrons. The first kappa shape index (κ1) is 18.8. The Bertz CT molecular complexity index is 709. The number of rotatable bonds is 4. The van der Waals surface area contributed by atoms with Gasteiger partial charge in [-0.2, -0.15) is 21.6 Å². The van der Waals surface area contributed by atoms with Crippen molar-refractivity contribution in [3.05, 3.63) is 47.2 Å². The minimum atomic E-state index is -5.68. The van der Waals surface area contributed by atoms with E-state index in [1.165, 1.54) is 6.92 Å². The summed E-state index contributed by atoms with van der Waals surface area (Å²) in [6.45, 7) is 4.93. The Morgan fingerprint density at radius 3 is 2.33 bits per heavy atom. The predicted molar refractivity (Wildman–Crippen MR) is 82.3 cm³/mol. The van der Waals surface area contributed by atoms with E-state index in [-0.39, 0.29) is 24.2 Å². The monoisotopic (exact) mass is 364 g/mol. The molecule has 1 aromatic rings. The molecule has 4 nitrogen and oxygen atoms in total. The minimum absolute atomic E-state index is 0.0409. The lowest BCUT2D eigenvalue weighted by Crippen LogP contribution is -2.26. The van der Waals surface area contributed by atoms with Crippen molar-refractivity contribution in [2.45, 2.75) is 44.9 Å². The second-order valence-electron chi connectivity index (χ2n) is 5.97. The third kappa shape index (κ3) is 3.92. The average molecular weight is 364 g/mol. The van der Waals surface area contributed by atoms with Gasteiger partial charge in [0.05, 0.1) is 12.2 Å². The first-order chi connectivity index (χ1) is 11.0. The van der Waals surface area contributed by atoms with Crippen LogP contribution in [0, 0.1) is 5.92 Å². The Balaban J connectivity index is 2.32. The van der Waals surface area contributed by atoms with Crippen LogP contribution in [-0.2, 0) is 19.0 Å². The zero-order chi connectivity index (χ0) is 18.1. The average Bonchev–Trinajstić information content (AvgIpc) is 2.92. The van der Waals surface area contributed by atoms with Crippen molar-refractivity contribution in [2.24, 2.45) is 5.92 Å². The molecule has 0 saturated carbocycles. The van der Waals surface area contributed by atoms with E-state index in [0.29, 0.717) is 5.57 Å². The summed E-state index contributed by atoms with van der Waals surface area (Å²) in [4.78, 5) is 0. The standard InChI is InChI=1S/C16H19F3O4S/c1-10(2)15-13(11(3)23-24(20,21)16(17,18)19)9-14(22-15)12-7-5-4-6-8-12/h4-8,10,14-15H,9H2,1-3H3/b13-11+/t14-,15-/m1/s1. The Morgan fingerprint density at radius 1 is 1.25 bits per heavy atom. The molecule has 8 heteroatoms. The summed E-state index contributed by atoms with van der Waals surface area (Å²) in [6, 6.07) is 9.23. The summed E-state index contributed by atoms with van der Waals surface area (Å²) in [7, 11) is -5.68. The maximum Gasteiger partial charge on any atom is 0.534 e. The number of alkyl halides is 3. The molecule has 0 bridgehead atoms. The van der Waals surface area contributed by atoms with Gasteiger partial charge in [-0.15, -0.1) is 0 Å². The van der Waals surface area contributed by atoms with Gasteiger partial charge in [0.1, 0.15) is 5.76 Å². The fourth-order valence-electron chi connectivity index (χ4n) is 2.66. The highest BCUT2D eigenvalue weighted by atomic mass is 32.2. The van der Waals surface area contributed by atoms with Crippen LogP contribution in [0.15, 0.2) is 41.7 Å². The van der Waals surface area contributed by atoms with Crippen molar-refractivity contribution >= 4 is 10.1 Å². The van der Waals surface area contributed by atoms with E-state index in [2.05, 4.69) is 4.18 Å². The van der Waals surface area contributed by atoms with Gasteiger partial charge in [-0.25, -0.2) is 0 Å². The van der Waals surface area contributed by atoms with Crippen LogP contribution in [0.2, 0.25) is 0 Å². The normalized spacial score (nSPS) is 24.3. The third-order valence-electron chi connectivity index (χ3n) is 3.81. The highest BCUT2D eigenvalue weighted by Gasteiger charge is 2.49. The van der Waals surface area contributed by atoms with E-state index < -0.39 is 21.7 Å². The number of benzene rings is 1. The van der Waals surface area contributed by atoms with Gasteiger partial charge in [0.25, 0.3) is 0 Å². The van der Waals surface area contributed by atoms with Crippen molar-refractivity contribution in [1.29, 1.82) is 0 Å².